The summed E-state index contributed by atoms with van der Waals surface area (Å²) in [6, 6.07) is 10.7. The van der Waals surface area contributed by atoms with Gasteiger partial charge in [-0.25, -0.2) is 0 Å². The summed E-state index contributed by atoms with van der Waals surface area (Å²) in [5, 5.41) is 0. The van der Waals surface area contributed by atoms with Crippen molar-refractivity contribution in [1.82, 2.24) is 0 Å². The second kappa shape index (κ2) is 5.11. The molecule has 1 aromatic carbocycles. The highest BCUT2D eigenvalue weighted by atomic mass is 14.7. The Morgan fingerprint density at radius 1 is 1.20 bits per heavy atom. The van der Waals surface area contributed by atoms with Gasteiger partial charge in [-0.2, -0.15) is 0 Å². The average molecular weight is 201 g/mol. The molecule has 0 spiro atoms. The Morgan fingerprint density at radius 3 is 2.73 bits per heavy atom. The van der Waals surface area contributed by atoms with Crippen LogP contribution >= 0.6 is 0 Å². The van der Waals surface area contributed by atoms with Crippen molar-refractivity contribution >= 4 is 5.71 Å². The van der Waals surface area contributed by atoms with Crippen molar-refractivity contribution in [1.29, 1.82) is 0 Å². The van der Waals surface area contributed by atoms with Gasteiger partial charge < -0.3 is 0 Å². The molecule has 0 amide bonds. The van der Waals surface area contributed by atoms with Crippen LogP contribution in [0.1, 0.15) is 31.7 Å². The fourth-order valence-corrected chi connectivity index (χ4v) is 2.13. The lowest BCUT2D eigenvalue weighted by atomic mass is 9.94. The van der Waals surface area contributed by atoms with Crippen molar-refractivity contribution in [2.75, 3.05) is 6.54 Å². The van der Waals surface area contributed by atoms with Crippen molar-refractivity contribution in [3.05, 3.63) is 35.9 Å². The van der Waals surface area contributed by atoms with Crippen molar-refractivity contribution < 1.29 is 0 Å². The maximum atomic E-state index is 4.61. The smallest absolute Gasteiger partial charge is 0.0391 e. The Hall–Kier alpha value is -1.11. The summed E-state index contributed by atoms with van der Waals surface area (Å²) in [4.78, 5) is 4.61. The number of aliphatic imine (C=N–C) groups is 1. The molecule has 1 nitrogen and oxygen atoms in total. The molecule has 0 saturated carbocycles. The monoisotopic (exact) mass is 201 g/mol. The predicted molar refractivity (Wildman–Crippen MR) is 65.5 cm³/mol. The Labute approximate surface area is 92.2 Å². The van der Waals surface area contributed by atoms with Crippen LogP contribution in [0.3, 0.4) is 0 Å². The highest BCUT2D eigenvalue weighted by Gasteiger charge is 2.11. The number of rotatable bonds is 3. The van der Waals surface area contributed by atoms with Gasteiger partial charge in [-0.3, -0.25) is 4.99 Å². The third kappa shape index (κ3) is 3.19. The highest BCUT2D eigenvalue weighted by Crippen LogP contribution is 2.17. The van der Waals surface area contributed by atoms with Gasteiger partial charge >= 0.3 is 0 Å². The maximum absolute atomic E-state index is 4.61. The SMILES string of the molecule is CC1CCN=C(CCc2ccccc2)C1. The second-order valence-corrected chi connectivity index (χ2v) is 4.53. The third-order valence-electron chi connectivity index (χ3n) is 3.09. The minimum absolute atomic E-state index is 0.841. The van der Waals surface area contributed by atoms with E-state index in [0.717, 1.165) is 25.3 Å². The van der Waals surface area contributed by atoms with Crippen LogP contribution in [0.2, 0.25) is 0 Å². The molecule has 1 heteroatoms. The first kappa shape index (κ1) is 10.4. The summed E-state index contributed by atoms with van der Waals surface area (Å²) in [6.07, 6.45) is 4.78. The van der Waals surface area contributed by atoms with Gasteiger partial charge in [0.15, 0.2) is 0 Å². The molecule has 80 valence electrons. The Balaban J connectivity index is 1.86. The van der Waals surface area contributed by atoms with Crippen molar-refractivity contribution in [3.63, 3.8) is 0 Å². The van der Waals surface area contributed by atoms with Crippen LogP contribution in [-0.4, -0.2) is 12.3 Å². The highest BCUT2D eigenvalue weighted by molar-refractivity contribution is 5.85. The van der Waals surface area contributed by atoms with Crippen LogP contribution in [0.4, 0.5) is 0 Å². The lowest BCUT2D eigenvalue weighted by molar-refractivity contribution is 0.535. The summed E-state index contributed by atoms with van der Waals surface area (Å²) < 4.78 is 0. The minimum Gasteiger partial charge on any atom is -0.294 e. The molecule has 1 heterocycles. The molecule has 0 aliphatic carbocycles. The first-order valence-corrected chi connectivity index (χ1v) is 5.91. The zero-order valence-corrected chi connectivity index (χ0v) is 9.45. The fourth-order valence-electron chi connectivity index (χ4n) is 2.13. The first-order valence-electron chi connectivity index (χ1n) is 5.91. The molecule has 0 aromatic heterocycles. The van der Waals surface area contributed by atoms with E-state index < -0.39 is 0 Å². The third-order valence-corrected chi connectivity index (χ3v) is 3.09. The van der Waals surface area contributed by atoms with Gasteiger partial charge in [0.05, 0.1) is 0 Å². The Kier molecular flexibility index (Phi) is 3.54. The summed E-state index contributed by atoms with van der Waals surface area (Å²) in [6.45, 7) is 3.38. The van der Waals surface area contributed by atoms with E-state index in [-0.39, 0.29) is 0 Å². The van der Waals surface area contributed by atoms with Crippen LogP contribution in [0.25, 0.3) is 0 Å². The number of hydrogen-bond donors (Lipinski definition) is 0. The standard InChI is InChI=1S/C14H19N/c1-12-9-10-15-14(11-12)8-7-13-5-3-2-4-6-13/h2-6,12H,7-11H2,1H3. The van der Waals surface area contributed by atoms with E-state index in [2.05, 4.69) is 42.2 Å². The summed E-state index contributed by atoms with van der Waals surface area (Å²) in [7, 11) is 0. The van der Waals surface area contributed by atoms with E-state index in [4.69, 9.17) is 0 Å². The van der Waals surface area contributed by atoms with Gasteiger partial charge in [-0.15, -0.1) is 0 Å². The molecule has 0 bridgehead atoms. The second-order valence-electron chi connectivity index (χ2n) is 4.53. The molecule has 1 unspecified atom stereocenters. The molecule has 1 atom stereocenters. The van der Waals surface area contributed by atoms with Crippen LogP contribution < -0.4 is 0 Å². The molecule has 1 aliphatic heterocycles. The molecular formula is C14H19N. The zero-order valence-electron chi connectivity index (χ0n) is 9.45. The lowest BCUT2D eigenvalue weighted by Crippen LogP contribution is -2.14. The van der Waals surface area contributed by atoms with E-state index in [9.17, 15) is 0 Å². The largest absolute Gasteiger partial charge is 0.294 e. The van der Waals surface area contributed by atoms with Crippen LogP contribution in [0.15, 0.2) is 35.3 Å². The van der Waals surface area contributed by atoms with E-state index in [1.54, 1.807) is 0 Å². The number of benzene rings is 1. The van der Waals surface area contributed by atoms with Gasteiger partial charge in [-0.05, 0) is 37.2 Å². The van der Waals surface area contributed by atoms with Crippen molar-refractivity contribution in [2.45, 2.75) is 32.6 Å². The summed E-state index contributed by atoms with van der Waals surface area (Å²) in [5.41, 5.74) is 2.86. The number of nitrogens with zero attached hydrogens (tertiary/aromatic N) is 1. The number of hydrogen-bond acceptors (Lipinski definition) is 1. The Bertz CT molecular complexity index is 326. The van der Waals surface area contributed by atoms with E-state index in [1.165, 1.54) is 24.1 Å². The van der Waals surface area contributed by atoms with Crippen LogP contribution in [-0.2, 0) is 6.42 Å². The van der Waals surface area contributed by atoms with E-state index in [1.807, 2.05) is 0 Å². The van der Waals surface area contributed by atoms with Gasteiger partial charge in [0.25, 0.3) is 0 Å². The topological polar surface area (TPSA) is 12.4 Å². The Morgan fingerprint density at radius 2 is 2.00 bits per heavy atom. The average Bonchev–Trinajstić information content (AvgIpc) is 2.28. The van der Waals surface area contributed by atoms with Crippen LogP contribution in [0.5, 0.6) is 0 Å². The van der Waals surface area contributed by atoms with Gasteiger partial charge in [0.2, 0.25) is 0 Å². The first-order chi connectivity index (χ1) is 7.34. The quantitative estimate of drug-likeness (QED) is 0.710. The molecule has 0 N–H and O–H groups in total. The molecule has 15 heavy (non-hydrogen) atoms. The van der Waals surface area contributed by atoms with Crippen molar-refractivity contribution in [2.24, 2.45) is 10.9 Å². The van der Waals surface area contributed by atoms with E-state index >= 15 is 0 Å². The maximum Gasteiger partial charge on any atom is 0.0391 e. The lowest BCUT2D eigenvalue weighted by Gasteiger charge is -2.17. The normalized spacial score (nSPS) is 21.1. The molecule has 1 aliphatic rings. The fraction of sp³-hybridized carbons (Fsp3) is 0.500. The minimum atomic E-state index is 0.841. The van der Waals surface area contributed by atoms with Crippen molar-refractivity contribution in [3.8, 4) is 0 Å². The molecule has 0 radical (unpaired) electrons. The van der Waals surface area contributed by atoms with Gasteiger partial charge in [-0.1, -0.05) is 37.3 Å². The zero-order chi connectivity index (χ0) is 10.5. The molecule has 2 rings (SSSR count). The van der Waals surface area contributed by atoms with E-state index in [0.29, 0.717) is 0 Å². The molecule has 0 fully saturated rings. The van der Waals surface area contributed by atoms with Crippen LogP contribution in [0, 0.1) is 5.92 Å². The number of aryl methyl sites for hydroxylation is 1. The predicted octanol–water partition coefficient (Wildman–Crippen LogP) is 3.49. The molecule has 1 aromatic rings. The summed E-state index contributed by atoms with van der Waals surface area (Å²) >= 11 is 0. The molecular weight excluding hydrogens is 182 g/mol. The summed E-state index contributed by atoms with van der Waals surface area (Å²) in [5.74, 6) is 0.841. The molecule has 0 saturated heterocycles. The van der Waals surface area contributed by atoms with Gasteiger partial charge in [0, 0.05) is 12.3 Å². The van der Waals surface area contributed by atoms with Gasteiger partial charge in [0.1, 0.15) is 0 Å².